The molecule has 3 rings (SSSR count). The van der Waals surface area contributed by atoms with Crippen LogP contribution in [0.25, 0.3) is 0 Å². The molecule has 9 heteroatoms. The van der Waals surface area contributed by atoms with Gasteiger partial charge in [0.2, 0.25) is 10.0 Å². The number of carbonyl (C=O) groups is 1. The van der Waals surface area contributed by atoms with Crippen molar-refractivity contribution in [2.45, 2.75) is 13.3 Å². The van der Waals surface area contributed by atoms with Gasteiger partial charge in [-0.15, -0.1) is 11.3 Å². The molecule has 0 saturated carbocycles. The summed E-state index contributed by atoms with van der Waals surface area (Å²) in [6, 6.07) is 12.1. The summed E-state index contributed by atoms with van der Waals surface area (Å²) < 4.78 is 24.8. The minimum absolute atomic E-state index is 0.315. The van der Waals surface area contributed by atoms with Crippen LogP contribution in [-0.4, -0.2) is 25.6 Å². The largest absolute Gasteiger partial charge is 0.298 e. The third-order valence-corrected chi connectivity index (χ3v) is 5.77. The first-order valence-corrected chi connectivity index (χ1v) is 11.4. The number of hydrogen-bond acceptors (Lipinski definition) is 5. The Labute approximate surface area is 172 Å². The van der Waals surface area contributed by atoms with Crippen molar-refractivity contribution >= 4 is 49.7 Å². The van der Waals surface area contributed by atoms with Crippen LogP contribution < -0.4 is 10.0 Å². The van der Waals surface area contributed by atoms with Crippen LogP contribution in [0.3, 0.4) is 0 Å². The van der Waals surface area contributed by atoms with Crippen molar-refractivity contribution < 1.29 is 13.2 Å². The molecule has 146 valence electrons. The lowest BCUT2D eigenvalue weighted by Gasteiger charge is -2.05. The van der Waals surface area contributed by atoms with E-state index in [0.717, 1.165) is 27.3 Å². The number of amides is 1. The van der Waals surface area contributed by atoms with Crippen LogP contribution >= 0.6 is 22.9 Å². The third-order valence-electron chi connectivity index (χ3n) is 3.84. The zero-order valence-electron chi connectivity index (χ0n) is 15.2. The molecule has 0 spiro atoms. The molecule has 0 radical (unpaired) electrons. The Morgan fingerprint density at radius 1 is 1.18 bits per heavy atom. The van der Waals surface area contributed by atoms with Gasteiger partial charge in [-0.25, -0.2) is 13.4 Å². The highest BCUT2D eigenvalue weighted by Crippen LogP contribution is 2.24. The number of aromatic nitrogens is 1. The second kappa shape index (κ2) is 8.30. The fraction of sp³-hybridized carbons (Fsp3) is 0.158. The highest BCUT2D eigenvalue weighted by Gasteiger charge is 2.11. The molecule has 0 bridgehead atoms. The number of nitrogens with zero attached hydrogens (tertiary/aromatic N) is 1. The quantitative estimate of drug-likeness (QED) is 0.603. The zero-order chi connectivity index (χ0) is 20.3. The number of aryl methyl sites for hydroxylation is 1. The van der Waals surface area contributed by atoms with E-state index in [1.165, 1.54) is 23.5 Å². The van der Waals surface area contributed by atoms with E-state index < -0.39 is 10.0 Å². The molecule has 1 amide bonds. The van der Waals surface area contributed by atoms with Crippen LogP contribution in [0.1, 0.15) is 26.4 Å². The maximum atomic E-state index is 12.4. The van der Waals surface area contributed by atoms with E-state index in [2.05, 4.69) is 15.0 Å². The van der Waals surface area contributed by atoms with Crippen molar-refractivity contribution in [2.24, 2.45) is 0 Å². The number of hydrogen-bond donors (Lipinski definition) is 2. The summed E-state index contributed by atoms with van der Waals surface area (Å²) in [5.41, 5.74) is 2.90. The summed E-state index contributed by atoms with van der Waals surface area (Å²) in [6.07, 6.45) is 3.48. The molecule has 2 N–H and O–H groups in total. The number of halogens is 1. The van der Waals surface area contributed by atoms with Gasteiger partial charge < -0.3 is 0 Å². The van der Waals surface area contributed by atoms with Gasteiger partial charge in [0, 0.05) is 33.8 Å². The van der Waals surface area contributed by atoms with E-state index >= 15 is 0 Å². The molecule has 28 heavy (non-hydrogen) atoms. The van der Waals surface area contributed by atoms with Crippen molar-refractivity contribution in [3.8, 4) is 0 Å². The van der Waals surface area contributed by atoms with Crippen LogP contribution in [0, 0.1) is 6.92 Å². The van der Waals surface area contributed by atoms with Gasteiger partial charge in [-0.2, -0.15) is 0 Å². The highest BCUT2D eigenvalue weighted by molar-refractivity contribution is 7.92. The summed E-state index contributed by atoms with van der Waals surface area (Å²) in [6.45, 7) is 1.95. The molecule has 0 aliphatic carbocycles. The van der Waals surface area contributed by atoms with Gasteiger partial charge in [0.1, 0.15) is 0 Å². The van der Waals surface area contributed by atoms with Crippen molar-refractivity contribution in [1.82, 2.24) is 4.98 Å². The monoisotopic (exact) mass is 435 g/mol. The zero-order valence-corrected chi connectivity index (χ0v) is 17.6. The topological polar surface area (TPSA) is 88.2 Å². The standard InChI is InChI=1S/C19H18ClN3O3S2/c1-12-3-4-13(10-17(12)20)9-16-11-21-19(27-16)22-18(24)14-5-7-15(8-6-14)23-28(2,25)26/h3-8,10-11,23H,9H2,1-2H3,(H,21,22,24). The van der Waals surface area contributed by atoms with Gasteiger partial charge in [-0.3, -0.25) is 14.8 Å². The molecule has 3 aromatic rings. The lowest BCUT2D eigenvalue weighted by molar-refractivity contribution is 0.102. The van der Waals surface area contributed by atoms with Crippen molar-refractivity contribution in [2.75, 3.05) is 16.3 Å². The molecule has 6 nitrogen and oxygen atoms in total. The Balaban J connectivity index is 1.64. The second-order valence-electron chi connectivity index (χ2n) is 6.30. The van der Waals surface area contributed by atoms with Crippen molar-refractivity contribution in [3.63, 3.8) is 0 Å². The van der Waals surface area contributed by atoms with Gasteiger partial charge in [0.05, 0.1) is 6.26 Å². The molecular weight excluding hydrogens is 418 g/mol. The summed E-state index contributed by atoms with van der Waals surface area (Å²) in [5, 5.41) is 3.98. The average Bonchev–Trinajstić information content (AvgIpc) is 3.04. The lowest BCUT2D eigenvalue weighted by atomic mass is 10.1. The predicted molar refractivity (Wildman–Crippen MR) is 114 cm³/mol. The van der Waals surface area contributed by atoms with Crippen LogP contribution in [0.4, 0.5) is 10.8 Å². The van der Waals surface area contributed by atoms with Gasteiger partial charge in [0.15, 0.2) is 5.13 Å². The van der Waals surface area contributed by atoms with E-state index in [9.17, 15) is 13.2 Å². The molecule has 0 saturated heterocycles. The van der Waals surface area contributed by atoms with Gasteiger partial charge >= 0.3 is 0 Å². The van der Waals surface area contributed by atoms with E-state index in [-0.39, 0.29) is 5.91 Å². The Morgan fingerprint density at radius 3 is 2.54 bits per heavy atom. The van der Waals surface area contributed by atoms with E-state index in [1.807, 2.05) is 25.1 Å². The summed E-state index contributed by atoms with van der Waals surface area (Å²) >= 11 is 7.56. The first-order chi connectivity index (χ1) is 13.2. The number of benzene rings is 2. The lowest BCUT2D eigenvalue weighted by Crippen LogP contribution is -2.12. The van der Waals surface area contributed by atoms with Gasteiger partial charge in [0.25, 0.3) is 5.91 Å². The molecule has 1 heterocycles. The fourth-order valence-electron chi connectivity index (χ4n) is 2.47. The number of carbonyl (C=O) groups excluding carboxylic acids is 1. The summed E-state index contributed by atoms with van der Waals surface area (Å²) in [4.78, 5) is 17.6. The van der Waals surface area contributed by atoms with E-state index in [1.54, 1.807) is 18.3 Å². The maximum absolute atomic E-state index is 12.4. The van der Waals surface area contributed by atoms with Gasteiger partial charge in [-0.1, -0.05) is 23.7 Å². The number of thiazole rings is 1. The van der Waals surface area contributed by atoms with E-state index in [4.69, 9.17) is 11.6 Å². The van der Waals surface area contributed by atoms with Crippen LogP contribution in [0.2, 0.25) is 5.02 Å². The minimum Gasteiger partial charge on any atom is -0.298 e. The predicted octanol–water partition coefficient (Wildman–Crippen LogP) is 4.32. The number of nitrogens with one attached hydrogen (secondary N) is 2. The number of rotatable bonds is 6. The normalized spacial score (nSPS) is 11.2. The second-order valence-corrected chi connectivity index (χ2v) is 9.57. The molecule has 2 aromatic carbocycles. The van der Waals surface area contributed by atoms with Crippen molar-refractivity contribution in [1.29, 1.82) is 0 Å². The molecule has 0 aliphatic rings. The molecule has 1 aromatic heterocycles. The Kier molecular flexibility index (Phi) is 6.02. The van der Waals surface area contributed by atoms with Crippen molar-refractivity contribution in [3.05, 3.63) is 75.3 Å². The summed E-state index contributed by atoms with van der Waals surface area (Å²) in [7, 11) is -3.35. The molecule has 0 fully saturated rings. The Hall–Kier alpha value is -2.42. The first kappa shape index (κ1) is 20.3. The van der Waals surface area contributed by atoms with Crippen LogP contribution in [0.15, 0.2) is 48.7 Å². The summed E-state index contributed by atoms with van der Waals surface area (Å²) in [5.74, 6) is -0.315. The number of anilines is 2. The highest BCUT2D eigenvalue weighted by atomic mass is 35.5. The van der Waals surface area contributed by atoms with E-state index in [0.29, 0.717) is 22.8 Å². The molecule has 0 atom stereocenters. The fourth-order valence-corrected chi connectivity index (χ4v) is 4.08. The third kappa shape index (κ3) is 5.54. The molecular formula is C19H18ClN3O3S2. The van der Waals surface area contributed by atoms with Gasteiger partial charge in [-0.05, 0) is 48.4 Å². The minimum atomic E-state index is -3.35. The maximum Gasteiger partial charge on any atom is 0.257 e. The average molecular weight is 436 g/mol. The first-order valence-electron chi connectivity index (χ1n) is 8.28. The SMILES string of the molecule is Cc1ccc(Cc2cnc(NC(=O)c3ccc(NS(C)(=O)=O)cc3)s2)cc1Cl. The molecule has 0 aliphatic heterocycles. The number of sulfonamides is 1. The Bertz CT molecular complexity index is 1110. The Morgan fingerprint density at radius 2 is 1.89 bits per heavy atom. The smallest absolute Gasteiger partial charge is 0.257 e. The van der Waals surface area contributed by atoms with Crippen LogP contribution in [-0.2, 0) is 16.4 Å². The van der Waals surface area contributed by atoms with Crippen LogP contribution in [0.5, 0.6) is 0 Å². The molecule has 0 unspecified atom stereocenters.